The van der Waals surface area contributed by atoms with Gasteiger partial charge in [0.15, 0.2) is 0 Å². The van der Waals surface area contributed by atoms with Gasteiger partial charge in [0.1, 0.15) is 6.10 Å². The number of ether oxygens (including phenoxy) is 2. The minimum atomic E-state index is -0.441. The maximum Gasteiger partial charge on any atom is 0.338 e. The van der Waals surface area contributed by atoms with Gasteiger partial charge in [0.2, 0.25) is 0 Å². The Bertz CT molecular complexity index is 643. The molecule has 0 saturated carbocycles. The smallest absolute Gasteiger partial charge is 0.338 e. The summed E-state index contributed by atoms with van der Waals surface area (Å²) in [6, 6.07) is 6.17. The van der Waals surface area contributed by atoms with Gasteiger partial charge >= 0.3 is 5.97 Å². The second-order valence-electron chi connectivity index (χ2n) is 4.92. The quantitative estimate of drug-likeness (QED) is 0.614. The SMILES string of the molecule is CC1=CC(=O)N(c2ccc(C(=O)OC3COC3)cc2)C1=O. The standard InChI is InChI=1S/C15H13NO5/c1-9-6-13(17)16(14(9)18)11-4-2-10(3-5-11)15(19)21-12-7-20-8-12/h2-6,12H,7-8H2,1H3. The Morgan fingerprint density at radius 3 is 2.38 bits per heavy atom. The highest BCUT2D eigenvalue weighted by atomic mass is 16.6. The molecule has 108 valence electrons. The summed E-state index contributed by atoms with van der Waals surface area (Å²) in [6.45, 7) is 2.43. The Morgan fingerprint density at radius 2 is 1.90 bits per heavy atom. The molecule has 1 aromatic rings. The second kappa shape index (κ2) is 5.14. The maximum absolute atomic E-state index is 11.9. The summed E-state index contributed by atoms with van der Waals surface area (Å²) in [5.41, 5.74) is 1.20. The normalized spacial score (nSPS) is 18.5. The Hall–Kier alpha value is -2.47. The molecular weight excluding hydrogens is 274 g/mol. The second-order valence-corrected chi connectivity index (χ2v) is 4.92. The summed E-state index contributed by atoms with van der Waals surface area (Å²) in [4.78, 5) is 36.5. The molecule has 1 fully saturated rings. The van der Waals surface area contributed by atoms with Crippen molar-refractivity contribution in [1.82, 2.24) is 0 Å². The van der Waals surface area contributed by atoms with Crippen LogP contribution in [0, 0.1) is 0 Å². The molecule has 6 nitrogen and oxygen atoms in total. The van der Waals surface area contributed by atoms with E-state index in [0.29, 0.717) is 30.0 Å². The van der Waals surface area contributed by atoms with E-state index in [1.807, 2.05) is 0 Å². The topological polar surface area (TPSA) is 72.9 Å². The number of anilines is 1. The monoisotopic (exact) mass is 287 g/mol. The number of nitrogens with zero attached hydrogens (tertiary/aromatic N) is 1. The lowest BCUT2D eigenvalue weighted by atomic mass is 10.2. The summed E-state index contributed by atoms with van der Waals surface area (Å²) in [6.07, 6.45) is 1.10. The molecule has 0 unspecified atom stereocenters. The van der Waals surface area contributed by atoms with Crippen LogP contribution in [0.25, 0.3) is 0 Å². The maximum atomic E-state index is 11.9. The van der Waals surface area contributed by atoms with Crippen LogP contribution in [0.2, 0.25) is 0 Å². The van der Waals surface area contributed by atoms with Crippen LogP contribution in [-0.4, -0.2) is 37.1 Å². The van der Waals surface area contributed by atoms with Gasteiger partial charge in [0, 0.05) is 11.6 Å². The van der Waals surface area contributed by atoms with E-state index in [2.05, 4.69) is 0 Å². The van der Waals surface area contributed by atoms with Crippen molar-refractivity contribution in [1.29, 1.82) is 0 Å². The van der Waals surface area contributed by atoms with E-state index in [1.54, 1.807) is 19.1 Å². The number of benzene rings is 1. The lowest BCUT2D eigenvalue weighted by Gasteiger charge is -2.25. The van der Waals surface area contributed by atoms with Crippen molar-refractivity contribution in [2.45, 2.75) is 13.0 Å². The lowest BCUT2D eigenvalue weighted by Crippen LogP contribution is -2.37. The van der Waals surface area contributed by atoms with E-state index in [9.17, 15) is 14.4 Å². The Balaban J connectivity index is 1.73. The van der Waals surface area contributed by atoms with Gasteiger partial charge in [0.05, 0.1) is 24.5 Å². The zero-order valence-electron chi connectivity index (χ0n) is 11.4. The highest BCUT2D eigenvalue weighted by Gasteiger charge is 2.30. The third-order valence-corrected chi connectivity index (χ3v) is 3.34. The minimum absolute atomic E-state index is 0.189. The van der Waals surface area contributed by atoms with Crippen LogP contribution in [0.15, 0.2) is 35.9 Å². The largest absolute Gasteiger partial charge is 0.454 e. The van der Waals surface area contributed by atoms with Gasteiger partial charge in [-0.05, 0) is 31.2 Å². The van der Waals surface area contributed by atoms with Gasteiger partial charge in [-0.2, -0.15) is 0 Å². The molecule has 2 amide bonds. The molecule has 2 aliphatic rings. The number of amides is 2. The molecule has 1 aromatic carbocycles. The van der Waals surface area contributed by atoms with E-state index in [-0.39, 0.29) is 17.9 Å². The highest BCUT2D eigenvalue weighted by molar-refractivity contribution is 6.30. The lowest BCUT2D eigenvalue weighted by molar-refractivity contribution is -0.120. The average Bonchev–Trinajstić information content (AvgIpc) is 2.68. The van der Waals surface area contributed by atoms with Gasteiger partial charge in [0.25, 0.3) is 11.8 Å². The zero-order chi connectivity index (χ0) is 15.0. The fourth-order valence-corrected chi connectivity index (χ4v) is 2.08. The number of hydrogen-bond donors (Lipinski definition) is 0. The van der Waals surface area contributed by atoms with Crippen LogP contribution in [0.4, 0.5) is 5.69 Å². The van der Waals surface area contributed by atoms with Gasteiger partial charge < -0.3 is 9.47 Å². The fourth-order valence-electron chi connectivity index (χ4n) is 2.08. The number of hydrogen-bond acceptors (Lipinski definition) is 5. The number of rotatable bonds is 3. The summed E-state index contributed by atoms with van der Waals surface area (Å²) in [7, 11) is 0. The summed E-state index contributed by atoms with van der Waals surface area (Å²) >= 11 is 0. The molecule has 0 aromatic heterocycles. The highest BCUT2D eigenvalue weighted by Crippen LogP contribution is 2.23. The summed E-state index contributed by atoms with van der Waals surface area (Å²) in [5.74, 6) is -1.16. The number of carbonyl (C=O) groups excluding carboxylic acids is 3. The fraction of sp³-hybridized carbons (Fsp3) is 0.267. The minimum Gasteiger partial charge on any atom is -0.454 e. The molecule has 0 N–H and O–H groups in total. The molecular formula is C15H13NO5. The molecule has 2 aliphatic heterocycles. The van der Waals surface area contributed by atoms with Crippen molar-refractivity contribution in [2.75, 3.05) is 18.1 Å². The molecule has 6 heteroatoms. The molecule has 1 saturated heterocycles. The number of carbonyl (C=O) groups is 3. The molecule has 21 heavy (non-hydrogen) atoms. The van der Waals surface area contributed by atoms with Crippen molar-refractivity contribution in [3.63, 3.8) is 0 Å². The summed E-state index contributed by atoms with van der Waals surface area (Å²) in [5, 5.41) is 0. The first-order chi connectivity index (χ1) is 10.1. The summed E-state index contributed by atoms with van der Waals surface area (Å²) < 4.78 is 10.1. The molecule has 0 spiro atoms. The van der Waals surface area contributed by atoms with Crippen molar-refractivity contribution in [3.05, 3.63) is 41.5 Å². The van der Waals surface area contributed by atoms with Crippen LogP contribution >= 0.6 is 0 Å². The van der Waals surface area contributed by atoms with Gasteiger partial charge in [-0.1, -0.05) is 0 Å². The molecule has 0 aliphatic carbocycles. The molecule has 0 radical (unpaired) electrons. The average molecular weight is 287 g/mol. The van der Waals surface area contributed by atoms with E-state index >= 15 is 0 Å². The molecule has 0 atom stereocenters. The first-order valence-electron chi connectivity index (χ1n) is 6.52. The van der Waals surface area contributed by atoms with Crippen molar-refractivity contribution in [2.24, 2.45) is 0 Å². The predicted octanol–water partition coefficient (Wildman–Crippen LogP) is 1.06. The Kier molecular flexibility index (Phi) is 3.31. The molecule has 3 rings (SSSR count). The molecule has 0 bridgehead atoms. The number of imide groups is 1. The van der Waals surface area contributed by atoms with Gasteiger partial charge in [-0.15, -0.1) is 0 Å². The van der Waals surface area contributed by atoms with E-state index < -0.39 is 5.97 Å². The van der Waals surface area contributed by atoms with E-state index in [1.165, 1.54) is 18.2 Å². The first-order valence-corrected chi connectivity index (χ1v) is 6.52. The zero-order valence-corrected chi connectivity index (χ0v) is 11.4. The van der Waals surface area contributed by atoms with Crippen LogP contribution in [0.3, 0.4) is 0 Å². The van der Waals surface area contributed by atoms with Crippen LogP contribution < -0.4 is 4.90 Å². The first kappa shape index (κ1) is 13.5. The Labute approximate surface area is 120 Å². The van der Waals surface area contributed by atoms with Crippen molar-refractivity contribution < 1.29 is 23.9 Å². The number of esters is 1. The van der Waals surface area contributed by atoms with Gasteiger partial charge in [-0.3, -0.25) is 9.59 Å². The van der Waals surface area contributed by atoms with Crippen molar-refractivity contribution >= 4 is 23.5 Å². The van der Waals surface area contributed by atoms with Crippen LogP contribution in [-0.2, 0) is 19.1 Å². The third-order valence-electron chi connectivity index (χ3n) is 3.34. The third kappa shape index (κ3) is 2.45. The Morgan fingerprint density at radius 1 is 1.24 bits per heavy atom. The van der Waals surface area contributed by atoms with Crippen molar-refractivity contribution in [3.8, 4) is 0 Å². The molecule has 2 heterocycles. The predicted molar refractivity (Wildman–Crippen MR) is 72.7 cm³/mol. The van der Waals surface area contributed by atoms with Crippen LogP contribution in [0.5, 0.6) is 0 Å². The van der Waals surface area contributed by atoms with Gasteiger partial charge in [-0.25, -0.2) is 9.69 Å². The van der Waals surface area contributed by atoms with Crippen LogP contribution in [0.1, 0.15) is 17.3 Å². The van der Waals surface area contributed by atoms with E-state index in [0.717, 1.165) is 4.90 Å². The van der Waals surface area contributed by atoms with E-state index in [4.69, 9.17) is 9.47 Å².